The lowest BCUT2D eigenvalue weighted by molar-refractivity contribution is 0.480. The molecule has 0 rings (SSSR count). The summed E-state index contributed by atoms with van der Waals surface area (Å²) < 4.78 is 27.5. The van der Waals surface area contributed by atoms with Crippen molar-refractivity contribution in [2.75, 3.05) is 0 Å². The smallest absolute Gasteiger partial charge is 0.267 e. The molecule has 0 saturated carbocycles. The van der Waals surface area contributed by atoms with E-state index in [1.54, 1.807) is 0 Å². The molecule has 0 aliphatic heterocycles. The molecule has 1 N–H and O–H groups in total. The molecule has 0 bridgehead atoms. The van der Waals surface area contributed by atoms with Gasteiger partial charge in [0.15, 0.2) is 0 Å². The van der Waals surface area contributed by atoms with E-state index in [1.165, 1.54) is 0 Å². The average Bonchev–Trinajstić information content (AvgIpc) is 1.31. The highest BCUT2D eigenvalue weighted by molar-refractivity contribution is 7.86. The fourth-order valence-corrected chi connectivity index (χ4v) is 0. The Hall–Kier alpha value is -0.0900. The quantitative estimate of drug-likeness (QED) is 0.494. The van der Waals surface area contributed by atoms with Crippen LogP contribution < -0.4 is 0 Å². The molecule has 0 spiro atoms. The maximum atomic E-state index is 9.76. The Bertz CT molecular complexity index is 132. The largest absolute Gasteiger partial charge is 0.285 e. The Labute approximate surface area is 43.1 Å². The second-order valence-corrected chi connectivity index (χ2v) is 2.83. The van der Waals surface area contributed by atoms with Crippen molar-refractivity contribution in [1.29, 1.82) is 0 Å². The Morgan fingerprint density at radius 3 is 1.57 bits per heavy atom. The van der Waals surface area contributed by atoms with Crippen molar-refractivity contribution >= 4 is 10.1 Å². The highest BCUT2D eigenvalue weighted by Crippen LogP contribution is 1.90. The van der Waals surface area contributed by atoms with Crippen LogP contribution in [0, 0.1) is 13.8 Å². The van der Waals surface area contributed by atoms with Crippen LogP contribution >= 0.6 is 0 Å². The van der Waals surface area contributed by atoms with Gasteiger partial charge in [0.1, 0.15) is 0 Å². The summed E-state index contributed by atoms with van der Waals surface area (Å²) >= 11 is 0. The third kappa shape index (κ3) is 2.59. The third-order valence-corrected chi connectivity index (χ3v) is 1.26. The molecule has 42 valence electrons. The maximum absolute atomic E-state index is 9.76. The lowest BCUT2D eigenvalue weighted by Crippen LogP contribution is -2.11. The SMILES string of the molecule is [CH2]C([CH2])S(=O)(=O)O. The van der Waals surface area contributed by atoms with Crippen LogP contribution in [0.2, 0.25) is 0 Å². The molecular formula is C3H6O3S. The molecule has 0 aromatic rings. The predicted octanol–water partition coefficient (Wildman–Crippen LogP) is -0.0890. The van der Waals surface area contributed by atoms with Crippen LogP contribution in [0.5, 0.6) is 0 Å². The van der Waals surface area contributed by atoms with Gasteiger partial charge in [0.05, 0.1) is 5.25 Å². The molecule has 0 aromatic heterocycles. The van der Waals surface area contributed by atoms with Crippen molar-refractivity contribution in [2.45, 2.75) is 5.25 Å². The van der Waals surface area contributed by atoms with Crippen molar-refractivity contribution in [3.05, 3.63) is 13.8 Å². The molecule has 7 heavy (non-hydrogen) atoms. The maximum Gasteiger partial charge on any atom is 0.267 e. The first-order valence-corrected chi connectivity index (χ1v) is 3.07. The molecule has 0 aromatic carbocycles. The van der Waals surface area contributed by atoms with Crippen LogP contribution in [0.1, 0.15) is 0 Å². The van der Waals surface area contributed by atoms with Crippen molar-refractivity contribution in [3.63, 3.8) is 0 Å². The highest BCUT2D eigenvalue weighted by Gasteiger charge is 2.08. The van der Waals surface area contributed by atoms with Gasteiger partial charge in [0.25, 0.3) is 10.1 Å². The van der Waals surface area contributed by atoms with Crippen LogP contribution in [-0.2, 0) is 10.1 Å². The van der Waals surface area contributed by atoms with Crippen LogP contribution in [-0.4, -0.2) is 18.2 Å². The van der Waals surface area contributed by atoms with Gasteiger partial charge in [-0.3, -0.25) is 4.55 Å². The summed E-state index contributed by atoms with van der Waals surface area (Å²) in [4.78, 5) is 0. The normalized spacial score (nSPS) is 12.6. The van der Waals surface area contributed by atoms with Gasteiger partial charge in [-0.2, -0.15) is 8.42 Å². The zero-order valence-electron chi connectivity index (χ0n) is 3.66. The molecule has 0 aliphatic rings. The summed E-state index contributed by atoms with van der Waals surface area (Å²) in [7, 11) is -3.96. The van der Waals surface area contributed by atoms with Crippen molar-refractivity contribution in [1.82, 2.24) is 0 Å². The molecule has 0 heterocycles. The number of hydrogen-bond donors (Lipinski definition) is 1. The lowest BCUT2D eigenvalue weighted by Gasteiger charge is -1.94. The fraction of sp³-hybridized carbons (Fsp3) is 0.333. The minimum atomic E-state index is -3.96. The fourth-order valence-electron chi connectivity index (χ4n) is 0. The second-order valence-electron chi connectivity index (χ2n) is 1.14. The average molecular weight is 122 g/mol. The lowest BCUT2D eigenvalue weighted by atomic mass is 10.6. The third-order valence-electron chi connectivity index (χ3n) is 0.421. The number of rotatable bonds is 1. The molecule has 0 aliphatic carbocycles. The van der Waals surface area contributed by atoms with Crippen molar-refractivity contribution in [3.8, 4) is 0 Å². The summed E-state index contributed by atoms with van der Waals surface area (Å²) in [6, 6.07) is 0. The summed E-state index contributed by atoms with van der Waals surface area (Å²) in [5, 5.41) is -1.17. The van der Waals surface area contributed by atoms with E-state index in [4.69, 9.17) is 4.55 Å². The van der Waals surface area contributed by atoms with E-state index in [1.807, 2.05) is 0 Å². The first kappa shape index (κ1) is 6.91. The van der Waals surface area contributed by atoms with Gasteiger partial charge in [-0.1, -0.05) is 0 Å². The molecule has 4 heteroatoms. The van der Waals surface area contributed by atoms with E-state index in [-0.39, 0.29) is 0 Å². The van der Waals surface area contributed by atoms with Gasteiger partial charge in [-0.15, -0.1) is 0 Å². The summed E-state index contributed by atoms with van der Waals surface area (Å²) in [6.07, 6.45) is 0. The molecule has 2 radical (unpaired) electrons. The molecule has 0 amide bonds. The zero-order chi connectivity index (χ0) is 6.08. The van der Waals surface area contributed by atoms with E-state index >= 15 is 0 Å². The zero-order valence-corrected chi connectivity index (χ0v) is 4.48. The first-order valence-electron chi connectivity index (χ1n) is 1.57. The van der Waals surface area contributed by atoms with Gasteiger partial charge in [-0.25, -0.2) is 0 Å². The summed E-state index contributed by atoms with van der Waals surface area (Å²) in [5.41, 5.74) is 0. The minimum Gasteiger partial charge on any atom is -0.285 e. The van der Waals surface area contributed by atoms with Crippen LogP contribution in [0.4, 0.5) is 0 Å². The topological polar surface area (TPSA) is 54.4 Å². The number of hydrogen-bond acceptors (Lipinski definition) is 2. The van der Waals surface area contributed by atoms with Crippen LogP contribution in [0.15, 0.2) is 0 Å². The monoisotopic (exact) mass is 122 g/mol. The highest BCUT2D eigenvalue weighted by atomic mass is 32.2. The van der Waals surface area contributed by atoms with E-state index in [0.717, 1.165) is 0 Å². The molecule has 0 atom stereocenters. The van der Waals surface area contributed by atoms with Gasteiger partial charge in [0, 0.05) is 0 Å². The molecular weight excluding hydrogens is 116 g/mol. The minimum absolute atomic E-state index is 1.17. The van der Waals surface area contributed by atoms with Gasteiger partial charge in [-0.05, 0) is 13.8 Å². The van der Waals surface area contributed by atoms with E-state index in [0.29, 0.717) is 0 Å². The van der Waals surface area contributed by atoms with E-state index in [2.05, 4.69) is 13.8 Å². The molecule has 0 unspecified atom stereocenters. The second kappa shape index (κ2) is 1.79. The summed E-state index contributed by atoms with van der Waals surface area (Å²) in [6.45, 7) is 5.92. The van der Waals surface area contributed by atoms with Gasteiger partial charge < -0.3 is 0 Å². The van der Waals surface area contributed by atoms with Crippen molar-refractivity contribution in [2.24, 2.45) is 0 Å². The van der Waals surface area contributed by atoms with Crippen LogP contribution in [0.25, 0.3) is 0 Å². The van der Waals surface area contributed by atoms with Crippen LogP contribution in [0.3, 0.4) is 0 Å². The van der Waals surface area contributed by atoms with Gasteiger partial charge in [0.2, 0.25) is 0 Å². The molecule has 0 fully saturated rings. The van der Waals surface area contributed by atoms with Gasteiger partial charge >= 0.3 is 0 Å². The summed E-state index contributed by atoms with van der Waals surface area (Å²) in [5.74, 6) is 0. The first-order chi connectivity index (χ1) is 2.94. The Morgan fingerprint density at radius 2 is 1.57 bits per heavy atom. The standard InChI is InChI=1S/C3H6O3S/c1-3(2)7(4,5)6/h3H,1-2H2,(H,4,5,6). The van der Waals surface area contributed by atoms with E-state index in [9.17, 15) is 8.42 Å². The van der Waals surface area contributed by atoms with Crippen molar-refractivity contribution < 1.29 is 13.0 Å². The molecule has 3 nitrogen and oxygen atoms in total. The predicted molar refractivity (Wildman–Crippen MR) is 26.1 cm³/mol. The Kier molecular flexibility index (Phi) is 1.77. The molecule has 0 saturated heterocycles. The Morgan fingerprint density at radius 1 is 1.43 bits per heavy atom. The van der Waals surface area contributed by atoms with E-state index < -0.39 is 15.4 Å². The Balaban J connectivity index is 4.10.